The zero-order valence-electron chi connectivity index (χ0n) is 28.3. The summed E-state index contributed by atoms with van der Waals surface area (Å²) in [5.74, 6) is 1.51. The van der Waals surface area contributed by atoms with E-state index in [-0.39, 0.29) is 22.4 Å². The van der Waals surface area contributed by atoms with Crippen molar-refractivity contribution in [3.63, 3.8) is 0 Å². The molecular weight excluding hydrogens is 637 g/mol. The number of pyridine rings is 1. The Morgan fingerprint density at radius 1 is 0.822 bits per heavy atom. The second-order valence-electron chi connectivity index (χ2n) is 14.8. The summed E-state index contributed by atoms with van der Waals surface area (Å²) in [6, 6.07) is 17.3. The van der Waals surface area contributed by atoms with E-state index in [1.807, 2.05) is 40.8 Å². The first kappa shape index (κ1) is 35.1. The third-order valence-corrected chi connectivity index (χ3v) is 18.4. The molecule has 0 spiro atoms. The number of nitrogens with one attached hydrogen (secondary N) is 1. The molecule has 2 aromatic carbocycles. The van der Waals surface area contributed by atoms with Gasteiger partial charge in [0.15, 0.2) is 0 Å². The molecular formula is C35H47Cl2N3O3Si2. The van der Waals surface area contributed by atoms with E-state index in [0.717, 1.165) is 39.7 Å². The number of hydrogen-bond acceptors (Lipinski definition) is 4. The molecule has 1 N–H and O–H groups in total. The molecule has 0 bridgehead atoms. The van der Waals surface area contributed by atoms with Crippen molar-refractivity contribution < 1.29 is 13.6 Å². The first-order chi connectivity index (χ1) is 20.8. The molecule has 0 aliphatic rings. The lowest BCUT2D eigenvalue weighted by molar-refractivity contribution is -0.120. The van der Waals surface area contributed by atoms with Gasteiger partial charge < -0.3 is 18.6 Å². The predicted octanol–water partition coefficient (Wildman–Crippen LogP) is 9.98. The lowest BCUT2D eigenvalue weighted by Gasteiger charge is -2.39. The summed E-state index contributed by atoms with van der Waals surface area (Å²) in [7, 11) is -4.22. The molecule has 2 heterocycles. The first-order valence-electron chi connectivity index (χ1n) is 15.5. The number of fused-ring (bicyclic) bond motifs is 1. The quantitative estimate of drug-likeness (QED) is 0.169. The van der Waals surface area contributed by atoms with Gasteiger partial charge in [-0.15, -0.1) is 0 Å². The fourth-order valence-electron chi connectivity index (χ4n) is 4.36. The molecule has 4 aromatic rings. The summed E-state index contributed by atoms with van der Waals surface area (Å²) in [4.78, 5) is 18.1. The largest absolute Gasteiger partial charge is 0.541 e. The number of carbonyl (C=O) groups is 1. The Morgan fingerprint density at radius 3 is 2.00 bits per heavy atom. The summed E-state index contributed by atoms with van der Waals surface area (Å²) in [5.41, 5.74) is 4.19. The predicted molar refractivity (Wildman–Crippen MR) is 193 cm³/mol. The van der Waals surface area contributed by atoms with Crippen molar-refractivity contribution in [3.8, 4) is 22.8 Å². The smallest absolute Gasteiger partial charge is 0.250 e. The average molecular weight is 685 g/mol. The van der Waals surface area contributed by atoms with Crippen molar-refractivity contribution in [3.05, 3.63) is 82.1 Å². The van der Waals surface area contributed by atoms with Crippen molar-refractivity contribution in [1.82, 2.24) is 14.7 Å². The lowest BCUT2D eigenvalue weighted by atomic mass is 10.1. The van der Waals surface area contributed by atoms with Gasteiger partial charge >= 0.3 is 0 Å². The van der Waals surface area contributed by atoms with E-state index in [1.165, 1.54) is 0 Å². The number of nitrogens with zero attached hydrogens (tertiary/aromatic N) is 2. The Balaban J connectivity index is 1.53. The fourth-order valence-corrected chi connectivity index (χ4v) is 6.69. The van der Waals surface area contributed by atoms with Crippen LogP contribution < -0.4 is 14.2 Å². The maximum Gasteiger partial charge on any atom is 0.250 e. The Bertz CT molecular complexity index is 1670. The number of halogens is 2. The SMILES string of the molecule is CC(C)(C)[Si](C)(C)Oc1ccc(CCNC(=O)Cc2c(-c3ccc(Cl)cc3)nc3ccc(Cl)cn23)cc1O[Si](C)(C)C(C)(C)C. The summed E-state index contributed by atoms with van der Waals surface area (Å²) < 4.78 is 15.5. The van der Waals surface area contributed by atoms with Crippen LogP contribution in [0.3, 0.4) is 0 Å². The van der Waals surface area contributed by atoms with Gasteiger partial charge in [0, 0.05) is 23.3 Å². The fraction of sp³-hybridized carbons (Fsp3) is 0.429. The zero-order chi connectivity index (χ0) is 33.4. The standard InChI is InChI=1S/C35H47Cl2N3O3Si2/c1-34(2,3)44(7,8)42-29-17-11-24(21-30(29)43-45(9,10)35(4,5)6)19-20-38-32(41)22-28-33(25-12-14-26(36)15-13-25)39-31-18-16-27(37)23-40(28)31/h11-18,21,23H,19-20,22H2,1-10H3,(H,38,41). The Kier molecular flexibility index (Phi) is 10.2. The summed E-state index contributed by atoms with van der Waals surface area (Å²) in [6.45, 7) is 22.9. The molecule has 0 saturated carbocycles. The molecule has 45 heavy (non-hydrogen) atoms. The molecule has 0 aliphatic carbocycles. The van der Waals surface area contributed by atoms with Gasteiger partial charge in [-0.25, -0.2) is 4.98 Å². The van der Waals surface area contributed by atoms with Gasteiger partial charge in [-0.1, -0.05) is 82.9 Å². The summed E-state index contributed by atoms with van der Waals surface area (Å²) in [6.07, 6.45) is 2.60. The van der Waals surface area contributed by atoms with Crippen LogP contribution in [0.4, 0.5) is 0 Å². The highest BCUT2D eigenvalue weighted by molar-refractivity contribution is 6.75. The third-order valence-electron chi connectivity index (χ3n) is 9.21. The Hall–Kier alpha value is -2.79. The van der Waals surface area contributed by atoms with Crippen LogP contribution in [0.2, 0.25) is 46.3 Å². The van der Waals surface area contributed by atoms with E-state index < -0.39 is 16.6 Å². The first-order valence-corrected chi connectivity index (χ1v) is 22.0. The maximum atomic E-state index is 13.3. The monoisotopic (exact) mass is 683 g/mol. The highest BCUT2D eigenvalue weighted by Crippen LogP contribution is 2.43. The molecule has 0 saturated heterocycles. The molecule has 1 amide bonds. The van der Waals surface area contributed by atoms with Gasteiger partial charge in [-0.05, 0) is 84.6 Å². The second-order valence-corrected chi connectivity index (χ2v) is 25.1. The minimum Gasteiger partial charge on any atom is -0.541 e. The van der Waals surface area contributed by atoms with Crippen LogP contribution in [-0.4, -0.2) is 38.5 Å². The van der Waals surface area contributed by atoms with Gasteiger partial charge in [0.25, 0.3) is 16.6 Å². The van der Waals surface area contributed by atoms with Gasteiger partial charge in [0.2, 0.25) is 5.91 Å². The number of carbonyl (C=O) groups excluding carboxylic acids is 1. The van der Waals surface area contributed by atoms with Gasteiger partial charge in [0.05, 0.1) is 22.8 Å². The van der Waals surface area contributed by atoms with Crippen LogP contribution in [0.15, 0.2) is 60.8 Å². The Morgan fingerprint density at radius 2 is 1.40 bits per heavy atom. The molecule has 242 valence electrons. The van der Waals surface area contributed by atoms with E-state index in [4.69, 9.17) is 37.0 Å². The number of amides is 1. The van der Waals surface area contributed by atoms with Crippen LogP contribution >= 0.6 is 23.2 Å². The molecule has 2 aromatic heterocycles. The van der Waals surface area contributed by atoms with Crippen molar-refractivity contribution in [2.75, 3.05) is 6.54 Å². The van der Waals surface area contributed by atoms with Gasteiger partial charge in [0.1, 0.15) is 17.1 Å². The van der Waals surface area contributed by atoms with Crippen molar-refractivity contribution in [1.29, 1.82) is 0 Å². The van der Waals surface area contributed by atoms with E-state index >= 15 is 0 Å². The average Bonchev–Trinajstić information content (AvgIpc) is 3.26. The third kappa shape index (κ3) is 8.33. The van der Waals surface area contributed by atoms with E-state index in [2.05, 4.69) is 85.2 Å². The van der Waals surface area contributed by atoms with E-state index in [0.29, 0.717) is 23.0 Å². The van der Waals surface area contributed by atoms with Crippen molar-refractivity contribution >= 4 is 51.4 Å². The maximum absolute atomic E-state index is 13.3. The molecule has 6 nitrogen and oxygen atoms in total. The molecule has 0 atom stereocenters. The number of hydrogen-bond donors (Lipinski definition) is 1. The molecule has 0 aliphatic heterocycles. The minimum atomic E-state index is -2.13. The minimum absolute atomic E-state index is 0.0398. The molecule has 4 rings (SSSR count). The van der Waals surface area contributed by atoms with Crippen LogP contribution in [-0.2, 0) is 17.6 Å². The highest BCUT2D eigenvalue weighted by Gasteiger charge is 2.42. The zero-order valence-corrected chi connectivity index (χ0v) is 31.8. The highest BCUT2D eigenvalue weighted by atomic mass is 35.5. The van der Waals surface area contributed by atoms with Crippen molar-refractivity contribution in [2.24, 2.45) is 0 Å². The van der Waals surface area contributed by atoms with Crippen LogP contribution in [0.5, 0.6) is 11.5 Å². The lowest BCUT2D eigenvalue weighted by Crippen LogP contribution is -2.45. The second kappa shape index (κ2) is 13.1. The number of imidazole rings is 1. The molecule has 10 heteroatoms. The molecule has 0 fully saturated rings. The van der Waals surface area contributed by atoms with Crippen LogP contribution in [0.25, 0.3) is 16.9 Å². The van der Waals surface area contributed by atoms with E-state index in [9.17, 15) is 4.79 Å². The van der Waals surface area contributed by atoms with E-state index in [1.54, 1.807) is 12.3 Å². The molecule has 0 radical (unpaired) electrons. The number of benzene rings is 2. The summed E-state index contributed by atoms with van der Waals surface area (Å²) in [5, 5.41) is 4.42. The van der Waals surface area contributed by atoms with Crippen LogP contribution in [0.1, 0.15) is 52.8 Å². The normalized spacial score (nSPS) is 12.8. The van der Waals surface area contributed by atoms with Gasteiger partial charge in [-0.3, -0.25) is 4.79 Å². The van der Waals surface area contributed by atoms with Gasteiger partial charge in [-0.2, -0.15) is 0 Å². The number of aromatic nitrogens is 2. The summed E-state index contributed by atoms with van der Waals surface area (Å²) >= 11 is 12.4. The number of rotatable bonds is 10. The Labute approximate surface area is 280 Å². The molecule has 0 unspecified atom stereocenters. The topological polar surface area (TPSA) is 64.9 Å². The van der Waals surface area contributed by atoms with Crippen LogP contribution in [0, 0.1) is 0 Å². The van der Waals surface area contributed by atoms with Crippen molar-refractivity contribution in [2.45, 2.75) is 90.6 Å².